The molecule has 0 heterocycles. The van der Waals surface area contributed by atoms with Crippen LogP contribution in [0.25, 0.3) is 0 Å². The molecule has 2 atom stereocenters. The van der Waals surface area contributed by atoms with E-state index >= 15 is 0 Å². The zero-order chi connectivity index (χ0) is 13.3. The highest BCUT2D eigenvalue weighted by Crippen LogP contribution is 2.14. The number of hydrogen-bond donors (Lipinski definition) is 2. The minimum Gasteiger partial charge on any atom is -0.309 e. The molecule has 0 aliphatic carbocycles. The first-order valence-electron chi connectivity index (χ1n) is 6.09. The molecule has 0 radical (unpaired) electrons. The maximum Gasteiger partial charge on any atom is 0.138 e. The van der Waals surface area contributed by atoms with Crippen LogP contribution < -0.4 is 10.9 Å². The van der Waals surface area contributed by atoms with Crippen LogP contribution in [0.5, 0.6) is 0 Å². The molecule has 0 rings (SSSR count). The van der Waals surface area contributed by atoms with Gasteiger partial charge >= 0.3 is 0 Å². The van der Waals surface area contributed by atoms with E-state index in [1.54, 1.807) is 7.05 Å². The Labute approximate surface area is 104 Å². The van der Waals surface area contributed by atoms with Crippen molar-refractivity contribution in [1.29, 1.82) is 0 Å². The molecule has 0 aromatic carbocycles. The van der Waals surface area contributed by atoms with Crippen LogP contribution in [0.15, 0.2) is 0 Å². The normalized spacial score (nSPS) is 14.6. The lowest BCUT2D eigenvalue weighted by Crippen LogP contribution is -2.42. The first-order valence-corrected chi connectivity index (χ1v) is 6.09. The van der Waals surface area contributed by atoms with E-state index in [1.807, 2.05) is 25.9 Å². The number of hydrazine groups is 1. The monoisotopic (exact) mass is 243 g/mol. The highest BCUT2D eigenvalue weighted by Gasteiger charge is 2.27. The van der Waals surface area contributed by atoms with Gasteiger partial charge in [-0.1, -0.05) is 6.92 Å². The Kier molecular flexibility index (Phi) is 8.85. The fourth-order valence-corrected chi connectivity index (χ4v) is 1.83. The molecule has 0 fully saturated rings. The summed E-state index contributed by atoms with van der Waals surface area (Å²) in [6.45, 7) is 3.07. The Morgan fingerprint density at radius 1 is 1.41 bits per heavy atom. The van der Waals surface area contributed by atoms with Gasteiger partial charge in [0.2, 0.25) is 0 Å². The van der Waals surface area contributed by atoms with E-state index in [-0.39, 0.29) is 17.6 Å². The van der Waals surface area contributed by atoms with Gasteiger partial charge < -0.3 is 9.69 Å². The Hall–Kier alpha value is -0.780. The Morgan fingerprint density at radius 3 is 2.47 bits per heavy atom. The van der Waals surface area contributed by atoms with Crippen LogP contribution in [-0.4, -0.2) is 51.2 Å². The second-order valence-corrected chi connectivity index (χ2v) is 4.52. The average molecular weight is 243 g/mol. The van der Waals surface area contributed by atoms with Crippen LogP contribution in [0.1, 0.15) is 19.8 Å². The van der Waals surface area contributed by atoms with Crippen molar-refractivity contribution in [1.82, 2.24) is 15.8 Å². The van der Waals surface area contributed by atoms with Crippen molar-refractivity contribution < 1.29 is 9.59 Å². The first-order chi connectivity index (χ1) is 8.06. The topological polar surface area (TPSA) is 61.4 Å². The highest BCUT2D eigenvalue weighted by atomic mass is 16.1. The molecule has 2 unspecified atom stereocenters. The van der Waals surface area contributed by atoms with Crippen molar-refractivity contribution in [3.8, 4) is 0 Å². The number of hydrogen-bond acceptors (Lipinski definition) is 5. The van der Waals surface area contributed by atoms with Crippen molar-refractivity contribution in [3.05, 3.63) is 0 Å². The van der Waals surface area contributed by atoms with Gasteiger partial charge in [-0.3, -0.25) is 15.6 Å². The predicted molar refractivity (Wildman–Crippen MR) is 68.6 cm³/mol. The van der Waals surface area contributed by atoms with Gasteiger partial charge in [-0.15, -0.1) is 0 Å². The van der Waals surface area contributed by atoms with Gasteiger partial charge in [0.1, 0.15) is 12.1 Å². The summed E-state index contributed by atoms with van der Waals surface area (Å²) < 4.78 is 0. The molecule has 5 heteroatoms. The van der Waals surface area contributed by atoms with Crippen LogP contribution in [0, 0.1) is 11.8 Å². The number of nitrogens with one attached hydrogen (secondary N) is 2. The lowest BCUT2D eigenvalue weighted by molar-refractivity contribution is -0.128. The Balaban J connectivity index is 4.60. The lowest BCUT2D eigenvalue weighted by Gasteiger charge is -2.24. The van der Waals surface area contributed by atoms with Crippen molar-refractivity contribution in [2.45, 2.75) is 19.8 Å². The summed E-state index contributed by atoms with van der Waals surface area (Å²) in [6, 6.07) is 0. The number of carbonyl (C=O) groups excluding carboxylic acids is 2. The zero-order valence-electron chi connectivity index (χ0n) is 11.3. The van der Waals surface area contributed by atoms with Crippen LogP contribution in [-0.2, 0) is 9.59 Å². The summed E-state index contributed by atoms with van der Waals surface area (Å²) in [4.78, 5) is 25.0. The smallest absolute Gasteiger partial charge is 0.138 e. The maximum absolute atomic E-state index is 12.0. The van der Waals surface area contributed by atoms with Crippen LogP contribution in [0.4, 0.5) is 0 Å². The van der Waals surface area contributed by atoms with E-state index in [0.29, 0.717) is 19.5 Å². The summed E-state index contributed by atoms with van der Waals surface area (Å²) in [7, 11) is 5.57. The fourth-order valence-electron chi connectivity index (χ4n) is 1.83. The lowest BCUT2D eigenvalue weighted by atomic mass is 9.87. The van der Waals surface area contributed by atoms with E-state index in [0.717, 1.165) is 12.7 Å². The van der Waals surface area contributed by atoms with Crippen LogP contribution in [0.2, 0.25) is 0 Å². The quantitative estimate of drug-likeness (QED) is 0.420. The van der Waals surface area contributed by atoms with Crippen molar-refractivity contribution in [3.63, 3.8) is 0 Å². The summed E-state index contributed by atoms with van der Waals surface area (Å²) in [5.74, 6) is -0.332. The second kappa shape index (κ2) is 9.27. The van der Waals surface area contributed by atoms with E-state index in [2.05, 4.69) is 10.9 Å². The molecule has 0 saturated heterocycles. The molecule has 100 valence electrons. The van der Waals surface area contributed by atoms with Gasteiger partial charge in [-0.2, -0.15) is 0 Å². The van der Waals surface area contributed by atoms with E-state index in [1.165, 1.54) is 0 Å². The van der Waals surface area contributed by atoms with E-state index in [4.69, 9.17) is 0 Å². The number of rotatable bonds is 10. The number of aldehydes is 1. The molecule has 0 spiro atoms. The van der Waals surface area contributed by atoms with Crippen molar-refractivity contribution in [2.24, 2.45) is 11.8 Å². The van der Waals surface area contributed by atoms with Crippen LogP contribution in [0.3, 0.4) is 0 Å². The standard InChI is InChI=1S/C12H25N3O2/c1-5-6-12(17)11(7-14-13-2)10(9-16)8-15(3)4/h9-11,13-14H,5-8H2,1-4H3. The third-order valence-corrected chi connectivity index (χ3v) is 2.68. The zero-order valence-corrected chi connectivity index (χ0v) is 11.3. The molecular formula is C12H25N3O2. The second-order valence-electron chi connectivity index (χ2n) is 4.52. The minimum atomic E-state index is -0.248. The van der Waals surface area contributed by atoms with E-state index < -0.39 is 0 Å². The molecule has 17 heavy (non-hydrogen) atoms. The molecule has 2 N–H and O–H groups in total. The first kappa shape index (κ1) is 16.2. The predicted octanol–water partition coefficient (Wildman–Crippen LogP) is 0.0725. The maximum atomic E-state index is 12.0. The summed E-state index contributed by atoms with van der Waals surface area (Å²) in [5, 5.41) is 0. The van der Waals surface area contributed by atoms with Gasteiger partial charge in [-0.25, -0.2) is 0 Å². The van der Waals surface area contributed by atoms with Crippen molar-refractivity contribution in [2.75, 3.05) is 34.2 Å². The molecule has 0 amide bonds. The largest absolute Gasteiger partial charge is 0.309 e. The van der Waals surface area contributed by atoms with Crippen LogP contribution >= 0.6 is 0 Å². The van der Waals surface area contributed by atoms with Gasteiger partial charge in [0.25, 0.3) is 0 Å². The molecule has 0 aliphatic rings. The number of ketones is 1. The SMILES string of the molecule is CCCC(=O)C(CNNC)C(C=O)CN(C)C. The number of Topliss-reactive ketones (excluding diaryl/α,β-unsaturated/α-hetero) is 1. The van der Waals surface area contributed by atoms with Gasteiger partial charge in [0.15, 0.2) is 0 Å². The minimum absolute atomic E-state index is 0.161. The van der Waals surface area contributed by atoms with Gasteiger partial charge in [0, 0.05) is 31.3 Å². The third kappa shape index (κ3) is 6.51. The number of nitrogens with zero attached hydrogens (tertiary/aromatic N) is 1. The van der Waals surface area contributed by atoms with Crippen molar-refractivity contribution >= 4 is 12.1 Å². The molecular weight excluding hydrogens is 218 g/mol. The molecule has 0 aromatic heterocycles. The summed E-state index contributed by atoms with van der Waals surface area (Å²) in [5.41, 5.74) is 5.72. The fraction of sp³-hybridized carbons (Fsp3) is 0.833. The average Bonchev–Trinajstić information content (AvgIpc) is 2.27. The van der Waals surface area contributed by atoms with E-state index in [9.17, 15) is 9.59 Å². The highest BCUT2D eigenvalue weighted by molar-refractivity contribution is 5.84. The molecule has 0 bridgehead atoms. The number of carbonyl (C=O) groups is 2. The summed E-state index contributed by atoms with van der Waals surface area (Å²) in [6.07, 6.45) is 2.26. The molecule has 5 nitrogen and oxygen atoms in total. The summed E-state index contributed by atoms with van der Waals surface area (Å²) >= 11 is 0. The third-order valence-electron chi connectivity index (χ3n) is 2.68. The Morgan fingerprint density at radius 2 is 2.06 bits per heavy atom. The Bertz CT molecular complexity index is 232. The van der Waals surface area contributed by atoms with Gasteiger partial charge in [-0.05, 0) is 27.6 Å². The molecule has 0 aromatic rings. The molecule has 0 saturated carbocycles. The molecule has 0 aliphatic heterocycles. The van der Waals surface area contributed by atoms with Gasteiger partial charge in [0.05, 0.1) is 0 Å².